The molecule has 12 nitrogen and oxygen atoms in total. The summed E-state index contributed by atoms with van der Waals surface area (Å²) in [6.07, 6.45) is 0. The molecule has 20 heteroatoms. The van der Waals surface area contributed by atoms with Crippen molar-refractivity contribution in [1.29, 1.82) is 0 Å². The minimum Gasteiger partial charge on any atom is -0.744 e. The average molecular weight is 921 g/mol. The van der Waals surface area contributed by atoms with E-state index in [-0.39, 0.29) is 138 Å². The summed E-state index contributed by atoms with van der Waals surface area (Å²) in [5.74, 6) is 0. The molecule has 0 aromatic heterocycles. The van der Waals surface area contributed by atoms with Crippen molar-refractivity contribution in [2.24, 2.45) is 0 Å². The molecule has 0 radical (unpaired) electrons. The number of benzene rings is 8. The maximum atomic E-state index is 10.7. The SMILES string of the molecule is O=S(=O)([O-])c1ccc2ccccc2c1.O=S(=O)([O-])c1ccc2ccccc2c1.O=S(=O)([O-])c1ccc2ccccc2c1.O=S(=O)([O-])c1ccc2ccccc2c1.[Na+].[Na+].[Na+].[Na+]. The van der Waals surface area contributed by atoms with E-state index in [9.17, 15) is 51.9 Å². The monoisotopic (exact) mass is 920 g/mol. The van der Waals surface area contributed by atoms with Gasteiger partial charge in [0, 0.05) is 0 Å². The topological polar surface area (TPSA) is 229 Å². The Morgan fingerprint density at radius 3 is 0.533 bits per heavy atom. The third kappa shape index (κ3) is 16.5. The first-order valence-electron chi connectivity index (χ1n) is 16.1. The van der Waals surface area contributed by atoms with Gasteiger partial charge in [-0.05, 0) is 91.6 Å². The molecule has 0 unspecified atom stereocenters. The van der Waals surface area contributed by atoms with Gasteiger partial charge >= 0.3 is 118 Å². The molecule has 288 valence electrons. The van der Waals surface area contributed by atoms with Crippen LogP contribution in [0.3, 0.4) is 0 Å². The molecule has 0 N–H and O–H groups in total. The Labute approximate surface area is 437 Å². The molecule has 0 saturated heterocycles. The Kier molecular flexibility index (Phi) is 23.0. The first-order valence-corrected chi connectivity index (χ1v) is 21.7. The molecule has 0 aliphatic carbocycles. The summed E-state index contributed by atoms with van der Waals surface area (Å²) in [5.41, 5.74) is 0. The maximum Gasteiger partial charge on any atom is 1.00 e. The molecule has 0 fully saturated rings. The molecular weight excluding hydrogens is 893 g/mol. The van der Waals surface area contributed by atoms with Crippen molar-refractivity contribution in [1.82, 2.24) is 0 Å². The summed E-state index contributed by atoms with van der Waals surface area (Å²) in [4.78, 5) is -0.736. The molecule has 60 heavy (non-hydrogen) atoms. The molecular formula is C40H28Na4O12S4. The second-order valence-electron chi connectivity index (χ2n) is 11.9. The smallest absolute Gasteiger partial charge is 0.744 e. The largest absolute Gasteiger partial charge is 1.00 e. The van der Waals surface area contributed by atoms with E-state index in [1.54, 1.807) is 72.8 Å². The van der Waals surface area contributed by atoms with Crippen LogP contribution in [0.15, 0.2) is 189 Å². The van der Waals surface area contributed by atoms with Crippen molar-refractivity contribution in [3.05, 3.63) is 170 Å². The fourth-order valence-electron chi connectivity index (χ4n) is 5.29. The van der Waals surface area contributed by atoms with Gasteiger partial charge in [-0.25, -0.2) is 33.7 Å². The quantitative estimate of drug-likeness (QED) is 0.120. The normalized spacial score (nSPS) is 11.0. The summed E-state index contributed by atoms with van der Waals surface area (Å²) < 4.78 is 129. The maximum absolute atomic E-state index is 10.7. The van der Waals surface area contributed by atoms with Crippen molar-refractivity contribution < 1.29 is 170 Å². The molecule has 0 atom stereocenters. The van der Waals surface area contributed by atoms with Gasteiger partial charge in [-0.1, -0.05) is 121 Å². The van der Waals surface area contributed by atoms with E-state index >= 15 is 0 Å². The van der Waals surface area contributed by atoms with Gasteiger partial charge in [-0.15, -0.1) is 0 Å². The van der Waals surface area contributed by atoms with E-state index in [0.29, 0.717) is 0 Å². The predicted molar refractivity (Wildman–Crippen MR) is 208 cm³/mol. The van der Waals surface area contributed by atoms with Crippen LogP contribution in [0, 0.1) is 0 Å². The van der Waals surface area contributed by atoms with Crippen LogP contribution < -0.4 is 118 Å². The van der Waals surface area contributed by atoms with E-state index in [0.717, 1.165) is 43.1 Å². The van der Waals surface area contributed by atoms with Crippen molar-refractivity contribution in [3.63, 3.8) is 0 Å². The molecule has 0 saturated carbocycles. The number of hydrogen-bond acceptors (Lipinski definition) is 12. The Balaban J connectivity index is 0.000000391. The minimum atomic E-state index is -4.34. The Morgan fingerprint density at radius 2 is 0.383 bits per heavy atom. The fraction of sp³-hybridized carbons (Fsp3) is 0. The van der Waals surface area contributed by atoms with E-state index in [2.05, 4.69) is 0 Å². The van der Waals surface area contributed by atoms with E-state index < -0.39 is 40.5 Å². The van der Waals surface area contributed by atoms with Crippen LogP contribution in [-0.2, 0) is 40.5 Å². The van der Waals surface area contributed by atoms with E-state index in [1.165, 1.54) is 48.5 Å². The molecule has 8 aromatic rings. The third-order valence-electron chi connectivity index (χ3n) is 8.04. The Bertz CT molecular complexity index is 2740. The van der Waals surface area contributed by atoms with Crippen LogP contribution in [0.5, 0.6) is 0 Å². The van der Waals surface area contributed by atoms with Crippen LogP contribution in [-0.4, -0.2) is 51.9 Å². The van der Waals surface area contributed by atoms with Crippen molar-refractivity contribution >= 4 is 83.6 Å². The van der Waals surface area contributed by atoms with Gasteiger partial charge in [0.2, 0.25) is 0 Å². The van der Waals surface area contributed by atoms with Gasteiger partial charge in [0.05, 0.1) is 19.6 Å². The summed E-state index contributed by atoms with van der Waals surface area (Å²) in [6.45, 7) is 0. The zero-order chi connectivity index (χ0) is 40.7. The summed E-state index contributed by atoms with van der Waals surface area (Å²) >= 11 is 0. The summed E-state index contributed by atoms with van der Waals surface area (Å²) in [6, 6.07) is 46.4. The zero-order valence-electron chi connectivity index (χ0n) is 32.7. The third-order valence-corrected chi connectivity index (χ3v) is 11.4. The second-order valence-corrected chi connectivity index (χ2v) is 17.4. The number of hydrogen-bond donors (Lipinski definition) is 0. The van der Waals surface area contributed by atoms with Gasteiger partial charge in [-0.2, -0.15) is 0 Å². The predicted octanol–water partition coefficient (Wildman–Crippen LogP) is -5.01. The van der Waals surface area contributed by atoms with Gasteiger partial charge in [-0.3, -0.25) is 0 Å². The summed E-state index contributed by atoms with van der Waals surface area (Å²) in [7, 11) is -17.4. The van der Waals surface area contributed by atoms with E-state index in [4.69, 9.17) is 0 Å². The Morgan fingerprint density at radius 1 is 0.233 bits per heavy atom. The Hall–Kier alpha value is -1.56. The van der Waals surface area contributed by atoms with Crippen molar-refractivity contribution in [2.75, 3.05) is 0 Å². The van der Waals surface area contributed by atoms with Gasteiger partial charge < -0.3 is 18.2 Å². The van der Waals surface area contributed by atoms with Gasteiger partial charge in [0.25, 0.3) is 0 Å². The first-order chi connectivity index (χ1) is 26.3. The van der Waals surface area contributed by atoms with Crippen LogP contribution in [0.1, 0.15) is 0 Å². The minimum absolute atomic E-state index is 0. The standard InChI is InChI=1S/4C10H8O3S.4Na/c4*11-14(12,13)10-6-5-8-3-1-2-4-9(8)7-10;;;;/h4*1-7H,(H,11,12,13);;;;/q;;;;4*+1/p-4. The first kappa shape index (κ1) is 56.5. The molecule has 0 aliphatic rings. The molecule has 0 amide bonds. The molecule has 8 aromatic carbocycles. The van der Waals surface area contributed by atoms with E-state index in [1.807, 2.05) is 48.5 Å². The fourth-order valence-corrected chi connectivity index (χ4v) is 7.32. The summed E-state index contributed by atoms with van der Waals surface area (Å²) in [5, 5.41) is 6.68. The molecule has 0 spiro atoms. The average Bonchev–Trinajstić information content (AvgIpc) is 3.16. The van der Waals surface area contributed by atoms with Crippen LogP contribution in [0.2, 0.25) is 0 Å². The number of rotatable bonds is 4. The van der Waals surface area contributed by atoms with Crippen LogP contribution in [0.4, 0.5) is 0 Å². The van der Waals surface area contributed by atoms with Gasteiger partial charge in [0.1, 0.15) is 40.5 Å². The number of fused-ring (bicyclic) bond motifs is 4. The van der Waals surface area contributed by atoms with Crippen molar-refractivity contribution in [3.8, 4) is 0 Å². The molecule has 0 bridgehead atoms. The molecule has 0 aliphatic heterocycles. The zero-order valence-corrected chi connectivity index (χ0v) is 44.0. The van der Waals surface area contributed by atoms with Crippen LogP contribution in [0.25, 0.3) is 43.1 Å². The van der Waals surface area contributed by atoms with Gasteiger partial charge in [0.15, 0.2) is 0 Å². The van der Waals surface area contributed by atoms with Crippen LogP contribution >= 0.6 is 0 Å². The molecule has 8 rings (SSSR count). The second kappa shape index (κ2) is 24.5. The molecule has 0 heterocycles. The van der Waals surface area contributed by atoms with Crippen molar-refractivity contribution in [2.45, 2.75) is 19.6 Å².